The van der Waals surface area contributed by atoms with Gasteiger partial charge in [0.05, 0.1) is 12.2 Å². The lowest BCUT2D eigenvalue weighted by atomic mass is 10.2. The SMILES string of the molecule is CCCC(O)CCO.CCCC(O)CCO. The van der Waals surface area contributed by atoms with Crippen LogP contribution in [0.25, 0.3) is 0 Å². The normalized spacial score (nSPS) is 13.9. The first-order valence-corrected chi connectivity index (χ1v) is 6.20. The van der Waals surface area contributed by atoms with Gasteiger partial charge in [-0.15, -0.1) is 0 Å². The molecule has 0 spiro atoms. The van der Waals surface area contributed by atoms with Crippen LogP contribution < -0.4 is 0 Å². The Kier molecular flexibility index (Phi) is 16.9. The van der Waals surface area contributed by atoms with E-state index in [9.17, 15) is 0 Å². The lowest BCUT2D eigenvalue weighted by molar-refractivity contribution is 0.124. The summed E-state index contributed by atoms with van der Waals surface area (Å²) < 4.78 is 0. The fraction of sp³-hybridized carbons (Fsp3) is 1.00. The highest BCUT2D eigenvalue weighted by Crippen LogP contribution is 1.99. The van der Waals surface area contributed by atoms with Crippen LogP contribution in [0.2, 0.25) is 0 Å². The number of rotatable bonds is 8. The minimum atomic E-state index is -0.287. The molecule has 0 aliphatic rings. The summed E-state index contributed by atoms with van der Waals surface area (Å²) >= 11 is 0. The lowest BCUT2D eigenvalue weighted by Crippen LogP contribution is -2.07. The van der Waals surface area contributed by atoms with Crippen molar-refractivity contribution in [2.75, 3.05) is 13.2 Å². The molecule has 0 radical (unpaired) electrons. The van der Waals surface area contributed by atoms with E-state index in [1.807, 2.05) is 13.8 Å². The zero-order chi connectivity index (χ0) is 12.8. The average molecular weight is 236 g/mol. The minimum Gasteiger partial charge on any atom is -0.396 e. The molecule has 16 heavy (non-hydrogen) atoms. The van der Waals surface area contributed by atoms with E-state index >= 15 is 0 Å². The van der Waals surface area contributed by atoms with Gasteiger partial charge in [0.1, 0.15) is 0 Å². The molecule has 0 rings (SSSR count). The molecule has 0 aromatic heterocycles. The summed E-state index contributed by atoms with van der Waals surface area (Å²) in [7, 11) is 0. The molecule has 4 N–H and O–H groups in total. The van der Waals surface area contributed by atoms with Crippen molar-refractivity contribution >= 4 is 0 Å². The van der Waals surface area contributed by atoms with Gasteiger partial charge in [0.2, 0.25) is 0 Å². The highest BCUT2D eigenvalue weighted by molar-refractivity contribution is 4.51. The second kappa shape index (κ2) is 14.8. The third-order valence-corrected chi connectivity index (χ3v) is 2.17. The van der Waals surface area contributed by atoms with Gasteiger partial charge in [-0.2, -0.15) is 0 Å². The molecular formula is C12H28O4. The van der Waals surface area contributed by atoms with Crippen molar-refractivity contribution in [2.45, 2.75) is 64.6 Å². The van der Waals surface area contributed by atoms with Crippen molar-refractivity contribution in [3.8, 4) is 0 Å². The second-order valence-corrected chi connectivity index (χ2v) is 3.91. The van der Waals surface area contributed by atoms with Gasteiger partial charge >= 0.3 is 0 Å². The second-order valence-electron chi connectivity index (χ2n) is 3.91. The molecule has 100 valence electrons. The van der Waals surface area contributed by atoms with Crippen LogP contribution in [0.15, 0.2) is 0 Å². The van der Waals surface area contributed by atoms with Gasteiger partial charge in [0.15, 0.2) is 0 Å². The Morgan fingerprint density at radius 1 is 0.688 bits per heavy atom. The van der Waals surface area contributed by atoms with Crippen molar-refractivity contribution in [3.63, 3.8) is 0 Å². The predicted octanol–water partition coefficient (Wildman–Crippen LogP) is 1.06. The van der Waals surface area contributed by atoms with E-state index in [4.69, 9.17) is 20.4 Å². The van der Waals surface area contributed by atoms with Crippen molar-refractivity contribution < 1.29 is 20.4 Å². The predicted molar refractivity (Wildman–Crippen MR) is 65.2 cm³/mol. The minimum absolute atomic E-state index is 0.0984. The fourth-order valence-corrected chi connectivity index (χ4v) is 1.25. The number of aliphatic hydroxyl groups excluding tert-OH is 4. The van der Waals surface area contributed by atoms with E-state index in [1.54, 1.807) is 0 Å². The maximum absolute atomic E-state index is 8.89. The summed E-state index contributed by atoms with van der Waals surface area (Å²) in [6, 6.07) is 0. The molecule has 0 aliphatic heterocycles. The Morgan fingerprint density at radius 2 is 1.00 bits per heavy atom. The van der Waals surface area contributed by atoms with Crippen LogP contribution >= 0.6 is 0 Å². The Morgan fingerprint density at radius 3 is 1.19 bits per heavy atom. The molecule has 0 saturated heterocycles. The van der Waals surface area contributed by atoms with Crippen molar-refractivity contribution in [1.82, 2.24) is 0 Å². The van der Waals surface area contributed by atoms with E-state index in [-0.39, 0.29) is 25.4 Å². The van der Waals surface area contributed by atoms with E-state index in [2.05, 4.69) is 0 Å². The van der Waals surface area contributed by atoms with E-state index < -0.39 is 0 Å². The molecule has 0 fully saturated rings. The van der Waals surface area contributed by atoms with Crippen LogP contribution in [0.1, 0.15) is 52.4 Å². The van der Waals surface area contributed by atoms with Gasteiger partial charge in [-0.05, 0) is 25.7 Å². The van der Waals surface area contributed by atoms with Crippen LogP contribution in [0, 0.1) is 0 Å². The van der Waals surface area contributed by atoms with Crippen LogP contribution in [-0.2, 0) is 0 Å². The van der Waals surface area contributed by atoms with E-state index in [0.29, 0.717) is 12.8 Å². The Balaban J connectivity index is 0. The lowest BCUT2D eigenvalue weighted by Gasteiger charge is -2.04. The van der Waals surface area contributed by atoms with E-state index in [1.165, 1.54) is 0 Å². The van der Waals surface area contributed by atoms with Crippen molar-refractivity contribution in [2.24, 2.45) is 0 Å². The third-order valence-electron chi connectivity index (χ3n) is 2.17. The van der Waals surface area contributed by atoms with Crippen LogP contribution in [0.4, 0.5) is 0 Å². The monoisotopic (exact) mass is 236 g/mol. The molecule has 0 aromatic rings. The zero-order valence-corrected chi connectivity index (χ0v) is 10.6. The molecular weight excluding hydrogens is 208 g/mol. The maximum atomic E-state index is 8.89. The largest absolute Gasteiger partial charge is 0.396 e. The molecule has 0 aromatic carbocycles. The van der Waals surface area contributed by atoms with Gasteiger partial charge in [-0.1, -0.05) is 26.7 Å². The Hall–Kier alpha value is -0.160. The van der Waals surface area contributed by atoms with Crippen LogP contribution in [0.5, 0.6) is 0 Å². The molecule has 0 heterocycles. The van der Waals surface area contributed by atoms with Crippen LogP contribution in [-0.4, -0.2) is 45.8 Å². The third kappa shape index (κ3) is 16.3. The van der Waals surface area contributed by atoms with Crippen molar-refractivity contribution in [1.29, 1.82) is 0 Å². The molecule has 4 heteroatoms. The smallest absolute Gasteiger partial charge is 0.0562 e. The molecule has 4 nitrogen and oxygen atoms in total. The molecule has 0 saturated carbocycles. The highest BCUT2D eigenvalue weighted by atomic mass is 16.3. The number of hydrogen-bond donors (Lipinski definition) is 4. The fourth-order valence-electron chi connectivity index (χ4n) is 1.25. The van der Waals surface area contributed by atoms with Crippen molar-refractivity contribution in [3.05, 3.63) is 0 Å². The standard InChI is InChI=1S/2C6H14O2/c2*1-2-3-6(8)4-5-7/h2*6-8H,2-5H2,1H3. The number of hydrogen-bond acceptors (Lipinski definition) is 4. The molecule has 0 amide bonds. The van der Waals surface area contributed by atoms with Gasteiger partial charge in [0.25, 0.3) is 0 Å². The zero-order valence-electron chi connectivity index (χ0n) is 10.6. The van der Waals surface area contributed by atoms with Gasteiger partial charge in [-0.25, -0.2) is 0 Å². The molecule has 0 bridgehead atoms. The molecule has 2 atom stereocenters. The van der Waals surface area contributed by atoms with Gasteiger partial charge < -0.3 is 20.4 Å². The summed E-state index contributed by atoms with van der Waals surface area (Å²) in [6.07, 6.45) is 4.06. The maximum Gasteiger partial charge on any atom is 0.0562 e. The summed E-state index contributed by atoms with van der Waals surface area (Å²) in [5.41, 5.74) is 0. The quantitative estimate of drug-likeness (QED) is 0.508. The van der Waals surface area contributed by atoms with Crippen LogP contribution in [0.3, 0.4) is 0 Å². The summed E-state index contributed by atoms with van der Waals surface area (Å²) in [5, 5.41) is 34.4. The molecule has 0 aliphatic carbocycles. The number of aliphatic hydroxyl groups is 4. The highest BCUT2D eigenvalue weighted by Gasteiger charge is 1.99. The Labute approximate surface area is 98.9 Å². The summed E-state index contributed by atoms with van der Waals surface area (Å²) in [5.74, 6) is 0. The Bertz CT molecular complexity index is 93.6. The van der Waals surface area contributed by atoms with E-state index in [0.717, 1.165) is 25.7 Å². The average Bonchev–Trinajstić information content (AvgIpc) is 2.20. The summed E-state index contributed by atoms with van der Waals surface area (Å²) in [4.78, 5) is 0. The first-order valence-electron chi connectivity index (χ1n) is 6.20. The first kappa shape index (κ1) is 18.2. The summed E-state index contributed by atoms with van der Waals surface area (Å²) in [6.45, 7) is 4.23. The van der Waals surface area contributed by atoms with Gasteiger partial charge in [0, 0.05) is 13.2 Å². The van der Waals surface area contributed by atoms with Gasteiger partial charge in [-0.3, -0.25) is 0 Å². The molecule has 2 unspecified atom stereocenters. The first-order chi connectivity index (χ1) is 7.62. The topological polar surface area (TPSA) is 80.9 Å².